The van der Waals surface area contributed by atoms with Crippen LogP contribution in [0.5, 0.6) is 5.75 Å². The molecule has 6 nitrogen and oxygen atoms in total. The van der Waals surface area contributed by atoms with Crippen molar-refractivity contribution in [2.45, 2.75) is 19.4 Å². The number of amides is 2. The highest BCUT2D eigenvalue weighted by molar-refractivity contribution is 7.16. The first kappa shape index (κ1) is 20.5. The average Bonchev–Trinajstić information content (AvgIpc) is 3.26. The van der Waals surface area contributed by atoms with E-state index in [-0.39, 0.29) is 11.9 Å². The predicted octanol–water partition coefficient (Wildman–Crippen LogP) is 5.29. The summed E-state index contributed by atoms with van der Waals surface area (Å²) in [7, 11) is 0. The van der Waals surface area contributed by atoms with Gasteiger partial charge >= 0.3 is 6.09 Å². The summed E-state index contributed by atoms with van der Waals surface area (Å²) in [6.07, 6.45) is 4.43. The Bertz CT molecular complexity index is 1350. The quantitative estimate of drug-likeness (QED) is 0.425. The molecule has 0 radical (unpaired) electrons. The van der Waals surface area contributed by atoms with Gasteiger partial charge in [-0.2, -0.15) is 0 Å². The van der Waals surface area contributed by atoms with Gasteiger partial charge in [0.2, 0.25) is 0 Å². The second kappa shape index (κ2) is 8.04. The molecule has 168 valence electrons. The van der Waals surface area contributed by atoms with E-state index >= 15 is 0 Å². The molecule has 4 aromatic rings. The van der Waals surface area contributed by atoms with Gasteiger partial charge in [-0.3, -0.25) is 4.79 Å². The summed E-state index contributed by atoms with van der Waals surface area (Å²) < 4.78 is 7.45. The lowest BCUT2D eigenvalue weighted by Gasteiger charge is -2.28. The van der Waals surface area contributed by atoms with Crippen LogP contribution >= 0.6 is 22.7 Å². The van der Waals surface area contributed by atoms with Crippen molar-refractivity contribution in [2.75, 3.05) is 13.1 Å². The highest BCUT2D eigenvalue weighted by Gasteiger charge is 2.54. The SMILES string of the molecule is Cc1cccc(-c2sccc2C(=O)N2C[C@@H]3C[C@@H]3[C@H]2CNC(=O)Oc2ccn3ccsc23)c1. The molecule has 6 rings (SSSR count). The lowest BCUT2D eigenvalue weighted by molar-refractivity contribution is 0.0706. The monoisotopic (exact) mass is 477 g/mol. The van der Waals surface area contributed by atoms with Crippen molar-refractivity contribution in [3.05, 3.63) is 70.7 Å². The van der Waals surface area contributed by atoms with Crippen molar-refractivity contribution in [3.63, 3.8) is 0 Å². The number of thiophene rings is 1. The van der Waals surface area contributed by atoms with E-state index in [1.165, 1.54) is 16.9 Å². The van der Waals surface area contributed by atoms with Crippen LogP contribution in [0.25, 0.3) is 15.3 Å². The molecule has 3 atom stereocenters. The third-order valence-corrected chi connectivity index (χ3v) is 8.49. The lowest BCUT2D eigenvalue weighted by atomic mass is 10.1. The third kappa shape index (κ3) is 3.73. The standard InChI is InChI=1S/C25H23N3O3S2/c1-15-3-2-4-16(11-15)22-18(6-9-32-22)23(29)28-14-17-12-19(17)20(28)13-26-25(30)31-21-5-7-27-8-10-33-24(21)27/h2-11,17,19-20H,12-14H2,1H3,(H,26,30)/t17-,19-,20+/m0/s1. The molecule has 0 bridgehead atoms. The van der Waals surface area contributed by atoms with Crippen LogP contribution in [0, 0.1) is 18.8 Å². The van der Waals surface area contributed by atoms with Gasteiger partial charge in [0.15, 0.2) is 5.75 Å². The first-order chi connectivity index (χ1) is 16.1. The van der Waals surface area contributed by atoms with Crippen LogP contribution in [0.3, 0.4) is 0 Å². The van der Waals surface area contributed by atoms with E-state index in [0.29, 0.717) is 24.1 Å². The Hall–Kier alpha value is -3.10. The number of fused-ring (bicyclic) bond motifs is 2. The number of carbonyl (C=O) groups excluding carboxylic acids is 2. The second-order valence-corrected chi connectivity index (χ2v) is 10.6. The van der Waals surface area contributed by atoms with Crippen molar-refractivity contribution in [2.24, 2.45) is 11.8 Å². The van der Waals surface area contributed by atoms with Crippen LogP contribution in [0.1, 0.15) is 22.3 Å². The molecule has 1 aliphatic carbocycles. The number of nitrogens with one attached hydrogen (secondary N) is 1. The predicted molar refractivity (Wildman–Crippen MR) is 130 cm³/mol. The van der Waals surface area contributed by atoms with Gasteiger partial charge in [0.1, 0.15) is 4.83 Å². The number of piperidine rings is 1. The van der Waals surface area contributed by atoms with Crippen LogP contribution < -0.4 is 10.1 Å². The molecule has 0 unspecified atom stereocenters. The number of nitrogens with zero attached hydrogens (tertiary/aromatic N) is 2. The number of hydrogen-bond acceptors (Lipinski definition) is 5. The Kier molecular flexibility index (Phi) is 4.99. The van der Waals surface area contributed by atoms with Crippen molar-refractivity contribution < 1.29 is 14.3 Å². The second-order valence-electron chi connectivity index (χ2n) is 8.78. The van der Waals surface area contributed by atoms with Crippen molar-refractivity contribution in [1.29, 1.82) is 0 Å². The minimum atomic E-state index is -0.482. The van der Waals surface area contributed by atoms with Gasteiger partial charge in [-0.15, -0.1) is 22.7 Å². The Morgan fingerprint density at radius 2 is 2.06 bits per heavy atom. The number of aryl methyl sites for hydroxylation is 1. The zero-order chi connectivity index (χ0) is 22.5. The molecule has 4 heterocycles. The number of likely N-dealkylation sites (tertiary alicyclic amines) is 1. The Morgan fingerprint density at radius 3 is 2.94 bits per heavy atom. The molecular weight excluding hydrogens is 454 g/mol. The van der Waals surface area contributed by atoms with Crippen molar-refractivity contribution in [3.8, 4) is 16.2 Å². The normalized spacial score (nSPS) is 21.2. The average molecular weight is 478 g/mol. The van der Waals surface area contributed by atoms with Gasteiger partial charge in [-0.1, -0.05) is 29.8 Å². The minimum absolute atomic E-state index is 0.00361. The van der Waals surface area contributed by atoms with E-state index in [1.54, 1.807) is 17.4 Å². The summed E-state index contributed by atoms with van der Waals surface area (Å²) in [5.74, 6) is 1.59. The van der Waals surface area contributed by atoms with Gasteiger partial charge in [0.25, 0.3) is 5.91 Å². The van der Waals surface area contributed by atoms with Gasteiger partial charge < -0.3 is 19.4 Å². The number of rotatable bonds is 5. The van der Waals surface area contributed by atoms with E-state index < -0.39 is 6.09 Å². The van der Waals surface area contributed by atoms with Crippen LogP contribution in [0.2, 0.25) is 0 Å². The number of thiazole rings is 1. The fourth-order valence-corrected chi connectivity index (χ4v) is 6.60. The van der Waals surface area contributed by atoms with Gasteiger partial charge in [-0.25, -0.2) is 4.79 Å². The first-order valence-corrected chi connectivity index (χ1v) is 12.8. The van der Waals surface area contributed by atoms with E-state index in [4.69, 9.17) is 4.74 Å². The van der Waals surface area contributed by atoms with Crippen LogP contribution in [-0.4, -0.2) is 40.4 Å². The van der Waals surface area contributed by atoms with Gasteiger partial charge in [0.05, 0.1) is 11.6 Å². The maximum atomic E-state index is 13.6. The molecule has 2 fully saturated rings. The smallest absolute Gasteiger partial charge is 0.407 e. The maximum Gasteiger partial charge on any atom is 0.412 e. The zero-order valence-electron chi connectivity index (χ0n) is 18.1. The molecule has 33 heavy (non-hydrogen) atoms. The zero-order valence-corrected chi connectivity index (χ0v) is 19.7. The van der Waals surface area contributed by atoms with E-state index in [1.807, 2.05) is 44.6 Å². The van der Waals surface area contributed by atoms with E-state index in [9.17, 15) is 9.59 Å². The number of benzene rings is 1. The lowest BCUT2D eigenvalue weighted by Crippen LogP contribution is -2.46. The number of ether oxygens (including phenoxy) is 1. The van der Waals surface area contributed by atoms with Gasteiger partial charge in [-0.05, 0) is 42.2 Å². The van der Waals surface area contributed by atoms with Crippen molar-refractivity contribution in [1.82, 2.24) is 14.6 Å². The molecule has 2 aliphatic rings. The summed E-state index contributed by atoms with van der Waals surface area (Å²) >= 11 is 3.12. The third-order valence-electron chi connectivity index (χ3n) is 6.63. The van der Waals surface area contributed by atoms with E-state index in [0.717, 1.165) is 33.8 Å². The summed E-state index contributed by atoms with van der Waals surface area (Å²) in [5, 5.41) is 6.83. The van der Waals surface area contributed by atoms with Crippen molar-refractivity contribution >= 4 is 39.5 Å². The summed E-state index contributed by atoms with van der Waals surface area (Å²) in [4.78, 5) is 29.9. The molecule has 0 spiro atoms. The molecule has 1 aliphatic heterocycles. The maximum absolute atomic E-state index is 13.6. The van der Waals surface area contributed by atoms with E-state index in [2.05, 4.69) is 30.4 Å². The Labute approximate surface area is 199 Å². The summed E-state index contributed by atoms with van der Waals surface area (Å²) in [6, 6.07) is 12.0. The highest BCUT2D eigenvalue weighted by atomic mass is 32.1. The molecule has 1 aromatic carbocycles. The minimum Gasteiger partial charge on any atom is -0.407 e. The topological polar surface area (TPSA) is 63.0 Å². The van der Waals surface area contributed by atoms with Crippen LogP contribution in [-0.2, 0) is 0 Å². The first-order valence-electron chi connectivity index (χ1n) is 11.0. The van der Waals surface area contributed by atoms with Crippen LogP contribution in [0.4, 0.5) is 4.79 Å². The Balaban J connectivity index is 1.16. The molecular formula is C25H23N3O3S2. The molecule has 1 N–H and O–H groups in total. The summed E-state index contributed by atoms with van der Waals surface area (Å²) in [5.41, 5.74) is 2.99. The molecule has 1 saturated carbocycles. The molecule has 8 heteroatoms. The molecule has 2 amide bonds. The Morgan fingerprint density at radius 1 is 1.15 bits per heavy atom. The summed E-state index contributed by atoms with van der Waals surface area (Å²) in [6.45, 7) is 3.21. The van der Waals surface area contributed by atoms with Crippen LogP contribution in [0.15, 0.2) is 59.6 Å². The van der Waals surface area contributed by atoms with Gasteiger partial charge in [0, 0.05) is 41.8 Å². The largest absolute Gasteiger partial charge is 0.412 e. The molecule has 1 saturated heterocycles. The number of aromatic nitrogens is 1. The molecule has 3 aromatic heterocycles. The number of carbonyl (C=O) groups is 2. The number of hydrogen-bond donors (Lipinski definition) is 1. The fraction of sp³-hybridized carbons (Fsp3) is 0.280. The highest BCUT2D eigenvalue weighted by Crippen LogP contribution is 2.50. The fourth-order valence-electron chi connectivity index (χ4n) is 4.92.